The Balaban J connectivity index is 2.02. The summed E-state index contributed by atoms with van der Waals surface area (Å²) in [5.41, 5.74) is 3.25. The van der Waals surface area contributed by atoms with Crippen LogP contribution in [0.25, 0.3) is 0 Å². The maximum atomic E-state index is 6.25. The summed E-state index contributed by atoms with van der Waals surface area (Å²) in [6, 6.07) is 0. The average molecular weight is 318 g/mol. The van der Waals surface area contributed by atoms with Gasteiger partial charge < -0.3 is 4.74 Å². The van der Waals surface area contributed by atoms with Crippen LogP contribution in [0.5, 0.6) is 0 Å². The number of hydrogen-bond acceptors (Lipinski definition) is 2. The first-order chi connectivity index (χ1) is 9.76. The van der Waals surface area contributed by atoms with Gasteiger partial charge in [-0.1, -0.05) is 5.57 Å². The average Bonchev–Trinajstić information content (AvgIpc) is 2.86. The summed E-state index contributed by atoms with van der Waals surface area (Å²) in [6.07, 6.45) is 7.48. The third-order valence-corrected chi connectivity index (χ3v) is 6.35. The van der Waals surface area contributed by atoms with E-state index in [0.717, 1.165) is 25.2 Å². The van der Waals surface area contributed by atoms with Crippen molar-refractivity contribution in [2.45, 2.75) is 50.2 Å². The zero-order valence-electron chi connectivity index (χ0n) is 12.3. The molecular weight excluding hydrogens is 293 g/mol. The second-order valence-corrected chi connectivity index (χ2v) is 7.09. The van der Waals surface area contributed by atoms with Crippen LogP contribution in [0.15, 0.2) is 11.1 Å². The number of alkyl halides is 2. The summed E-state index contributed by atoms with van der Waals surface area (Å²) >= 11 is 12.4. The van der Waals surface area contributed by atoms with Gasteiger partial charge in [-0.2, -0.15) is 0 Å². The fourth-order valence-electron chi connectivity index (χ4n) is 4.96. The van der Waals surface area contributed by atoms with Crippen molar-refractivity contribution in [2.24, 2.45) is 5.92 Å². The minimum Gasteiger partial charge on any atom is -0.381 e. The van der Waals surface area contributed by atoms with E-state index in [1.807, 2.05) is 7.11 Å². The van der Waals surface area contributed by atoms with Crippen LogP contribution in [0.4, 0.5) is 0 Å². The predicted octanol–water partition coefficient (Wildman–Crippen LogP) is 3.81. The van der Waals surface area contributed by atoms with Crippen LogP contribution in [0.3, 0.4) is 0 Å². The normalized spacial score (nSPS) is 38.0. The first-order valence-corrected chi connectivity index (χ1v) is 8.94. The van der Waals surface area contributed by atoms with E-state index in [0.29, 0.717) is 17.9 Å². The lowest BCUT2D eigenvalue weighted by molar-refractivity contribution is -0.0135. The SMILES string of the molecule is CO[C@@H]1CC[C@H]2CCN3CCC(CCl)=C(CCCl)[C@@]23C1. The fourth-order valence-corrected chi connectivity index (χ4v) is 5.44. The highest BCUT2D eigenvalue weighted by molar-refractivity contribution is 6.19. The second kappa shape index (κ2) is 6.16. The minimum atomic E-state index is 0.219. The Morgan fingerprint density at radius 3 is 2.80 bits per heavy atom. The molecule has 0 aromatic carbocycles. The second-order valence-electron chi connectivity index (χ2n) is 6.44. The molecule has 0 bridgehead atoms. The molecule has 3 rings (SSSR count). The molecule has 2 heterocycles. The van der Waals surface area contributed by atoms with Crippen molar-refractivity contribution in [1.29, 1.82) is 0 Å². The smallest absolute Gasteiger partial charge is 0.0592 e. The number of ether oxygens (including phenoxy) is 1. The third kappa shape index (κ3) is 2.24. The van der Waals surface area contributed by atoms with Gasteiger partial charge in [0.1, 0.15) is 0 Å². The molecule has 3 atom stereocenters. The maximum absolute atomic E-state index is 6.25. The molecule has 114 valence electrons. The molecule has 20 heavy (non-hydrogen) atoms. The number of rotatable bonds is 4. The predicted molar refractivity (Wildman–Crippen MR) is 84.8 cm³/mol. The molecule has 0 unspecified atom stereocenters. The highest BCUT2D eigenvalue weighted by Crippen LogP contribution is 2.53. The fraction of sp³-hybridized carbons (Fsp3) is 0.875. The molecule has 0 aromatic rings. The molecule has 0 radical (unpaired) electrons. The minimum absolute atomic E-state index is 0.219. The molecule has 1 spiro atoms. The molecule has 1 saturated heterocycles. The molecule has 1 aliphatic carbocycles. The Kier molecular flexibility index (Phi) is 4.66. The van der Waals surface area contributed by atoms with Gasteiger partial charge in [-0.05, 0) is 56.6 Å². The van der Waals surface area contributed by atoms with Crippen molar-refractivity contribution in [2.75, 3.05) is 32.0 Å². The Morgan fingerprint density at radius 2 is 2.10 bits per heavy atom. The molecule has 0 amide bonds. The highest BCUT2D eigenvalue weighted by Gasteiger charge is 2.55. The van der Waals surface area contributed by atoms with Crippen LogP contribution >= 0.6 is 23.2 Å². The lowest BCUT2D eigenvalue weighted by Crippen LogP contribution is -2.57. The Labute approximate surface area is 132 Å². The Hall–Kier alpha value is 0.240. The van der Waals surface area contributed by atoms with Gasteiger partial charge in [-0.15, -0.1) is 23.2 Å². The Morgan fingerprint density at radius 1 is 1.25 bits per heavy atom. The maximum Gasteiger partial charge on any atom is 0.0592 e. The lowest BCUT2D eigenvalue weighted by Gasteiger charge is -2.52. The summed E-state index contributed by atoms with van der Waals surface area (Å²) in [6.45, 7) is 2.41. The molecule has 3 aliphatic rings. The van der Waals surface area contributed by atoms with Crippen molar-refractivity contribution in [3.63, 3.8) is 0 Å². The van der Waals surface area contributed by atoms with E-state index in [1.165, 1.54) is 37.9 Å². The summed E-state index contributed by atoms with van der Waals surface area (Å²) in [4.78, 5) is 2.72. The van der Waals surface area contributed by atoms with Gasteiger partial charge >= 0.3 is 0 Å². The molecule has 0 N–H and O–H groups in total. The van der Waals surface area contributed by atoms with Gasteiger partial charge in [-0.25, -0.2) is 0 Å². The number of hydrogen-bond donors (Lipinski definition) is 0. The van der Waals surface area contributed by atoms with Crippen molar-refractivity contribution in [1.82, 2.24) is 4.90 Å². The highest BCUT2D eigenvalue weighted by atomic mass is 35.5. The van der Waals surface area contributed by atoms with E-state index >= 15 is 0 Å². The third-order valence-electron chi connectivity index (χ3n) is 5.84. The van der Waals surface area contributed by atoms with Crippen molar-refractivity contribution >= 4 is 23.2 Å². The van der Waals surface area contributed by atoms with Gasteiger partial charge in [0.2, 0.25) is 0 Å². The zero-order chi connectivity index (χ0) is 14.2. The van der Waals surface area contributed by atoms with Crippen LogP contribution in [-0.4, -0.2) is 48.5 Å². The van der Waals surface area contributed by atoms with Crippen molar-refractivity contribution < 1.29 is 4.74 Å². The van der Waals surface area contributed by atoms with Crippen LogP contribution < -0.4 is 0 Å². The number of halogens is 2. The number of methoxy groups -OCH3 is 1. The topological polar surface area (TPSA) is 12.5 Å². The Bertz CT molecular complexity index is 398. The van der Waals surface area contributed by atoms with Gasteiger partial charge in [0.05, 0.1) is 6.10 Å². The van der Waals surface area contributed by atoms with Gasteiger partial charge in [0.25, 0.3) is 0 Å². The molecule has 4 heteroatoms. The van der Waals surface area contributed by atoms with E-state index in [1.54, 1.807) is 5.57 Å². The summed E-state index contributed by atoms with van der Waals surface area (Å²) < 4.78 is 5.72. The van der Waals surface area contributed by atoms with Crippen LogP contribution in [-0.2, 0) is 4.74 Å². The van der Waals surface area contributed by atoms with E-state index in [-0.39, 0.29) is 5.54 Å². The van der Waals surface area contributed by atoms with Crippen LogP contribution in [0, 0.1) is 5.92 Å². The first-order valence-electron chi connectivity index (χ1n) is 7.87. The van der Waals surface area contributed by atoms with Crippen molar-refractivity contribution in [3.8, 4) is 0 Å². The largest absolute Gasteiger partial charge is 0.381 e. The van der Waals surface area contributed by atoms with E-state index in [9.17, 15) is 0 Å². The molecule has 1 saturated carbocycles. The molecule has 2 nitrogen and oxygen atoms in total. The molecular formula is C16H25Cl2NO. The molecule has 0 aromatic heterocycles. The quantitative estimate of drug-likeness (QED) is 0.577. The standard InChI is InChI=1S/C16H25Cl2NO/c1-20-14-3-2-13-6-9-19-8-5-12(11-18)15(4-7-17)16(13,19)10-14/h13-14H,2-11H2,1H3/t13-,14+,16+/m0/s1. The van der Waals surface area contributed by atoms with E-state index in [4.69, 9.17) is 27.9 Å². The van der Waals surface area contributed by atoms with Crippen molar-refractivity contribution in [3.05, 3.63) is 11.1 Å². The van der Waals surface area contributed by atoms with Gasteiger partial charge in [-0.3, -0.25) is 4.90 Å². The zero-order valence-corrected chi connectivity index (χ0v) is 13.8. The van der Waals surface area contributed by atoms with E-state index in [2.05, 4.69) is 4.90 Å². The molecule has 2 aliphatic heterocycles. The summed E-state index contributed by atoms with van der Waals surface area (Å²) in [5, 5.41) is 0. The summed E-state index contributed by atoms with van der Waals surface area (Å²) in [5.74, 6) is 2.16. The van der Waals surface area contributed by atoms with E-state index < -0.39 is 0 Å². The van der Waals surface area contributed by atoms with Gasteiger partial charge in [0, 0.05) is 31.0 Å². The van der Waals surface area contributed by atoms with Gasteiger partial charge in [0.15, 0.2) is 0 Å². The number of nitrogens with zero attached hydrogens (tertiary/aromatic N) is 1. The van der Waals surface area contributed by atoms with Crippen LogP contribution in [0.2, 0.25) is 0 Å². The monoisotopic (exact) mass is 317 g/mol. The lowest BCUT2D eigenvalue weighted by atomic mass is 9.65. The molecule has 2 fully saturated rings. The first kappa shape index (κ1) is 15.1. The van der Waals surface area contributed by atoms with Crippen LogP contribution in [0.1, 0.15) is 38.5 Å². The summed E-state index contributed by atoms with van der Waals surface area (Å²) in [7, 11) is 1.86.